The molecule has 0 amide bonds. The fourth-order valence-electron chi connectivity index (χ4n) is 1.16. The van der Waals surface area contributed by atoms with Crippen LogP contribution in [0.5, 0.6) is 0 Å². The highest BCUT2D eigenvalue weighted by Gasteiger charge is 2.07. The van der Waals surface area contributed by atoms with E-state index in [0.29, 0.717) is 24.3 Å². The van der Waals surface area contributed by atoms with E-state index >= 15 is 0 Å². The van der Waals surface area contributed by atoms with Crippen LogP contribution < -0.4 is 10.0 Å². The van der Waals surface area contributed by atoms with Gasteiger partial charge < -0.3 is 9.73 Å². The van der Waals surface area contributed by atoms with Crippen LogP contribution in [0.3, 0.4) is 0 Å². The topological polar surface area (TPSA) is 71.3 Å². The first kappa shape index (κ1) is 13.7. The van der Waals surface area contributed by atoms with Crippen molar-refractivity contribution in [2.75, 3.05) is 18.8 Å². The van der Waals surface area contributed by atoms with Gasteiger partial charge >= 0.3 is 0 Å². The zero-order valence-electron chi connectivity index (χ0n) is 8.99. The molecule has 0 aliphatic rings. The first-order valence-electron chi connectivity index (χ1n) is 4.96. The number of rotatable bonds is 7. The van der Waals surface area contributed by atoms with Gasteiger partial charge in [0.05, 0.1) is 12.3 Å². The highest BCUT2D eigenvalue weighted by atomic mass is 79.9. The summed E-state index contributed by atoms with van der Waals surface area (Å²) in [5.41, 5.74) is 0. The minimum absolute atomic E-state index is 0.0721. The molecule has 0 aliphatic heterocycles. The Morgan fingerprint density at radius 3 is 2.75 bits per heavy atom. The standard InChI is InChI=1S/C9H15BrN2O3S/c1-2-12-16(13,14)6-5-11-7-8-3-4-9(10)15-8/h3-4,11-12H,2,5-7H2,1H3. The van der Waals surface area contributed by atoms with E-state index in [9.17, 15) is 8.42 Å². The van der Waals surface area contributed by atoms with Crippen LogP contribution in [0, 0.1) is 0 Å². The lowest BCUT2D eigenvalue weighted by Crippen LogP contribution is -2.31. The minimum atomic E-state index is -3.13. The van der Waals surface area contributed by atoms with Gasteiger partial charge in [0.2, 0.25) is 10.0 Å². The predicted molar refractivity (Wildman–Crippen MR) is 65.6 cm³/mol. The van der Waals surface area contributed by atoms with Gasteiger partial charge in [0.15, 0.2) is 4.67 Å². The van der Waals surface area contributed by atoms with E-state index < -0.39 is 10.0 Å². The van der Waals surface area contributed by atoms with E-state index in [1.54, 1.807) is 13.0 Å². The first-order chi connectivity index (χ1) is 7.53. The maximum absolute atomic E-state index is 11.3. The minimum Gasteiger partial charge on any atom is -0.453 e. The lowest BCUT2D eigenvalue weighted by molar-refractivity contribution is 0.468. The third-order valence-corrected chi connectivity index (χ3v) is 3.74. The summed E-state index contributed by atoms with van der Waals surface area (Å²) in [6.45, 7) is 3.10. The van der Waals surface area contributed by atoms with Crippen LogP contribution in [0.15, 0.2) is 21.2 Å². The van der Waals surface area contributed by atoms with Crippen molar-refractivity contribution in [1.82, 2.24) is 10.0 Å². The molecule has 0 spiro atoms. The van der Waals surface area contributed by atoms with Gasteiger partial charge in [0.25, 0.3) is 0 Å². The third-order valence-electron chi connectivity index (χ3n) is 1.84. The SMILES string of the molecule is CCNS(=O)(=O)CCNCc1ccc(Br)o1. The van der Waals surface area contributed by atoms with Crippen molar-refractivity contribution < 1.29 is 12.8 Å². The Bertz CT molecular complexity index is 416. The van der Waals surface area contributed by atoms with E-state index in [4.69, 9.17) is 4.42 Å². The van der Waals surface area contributed by atoms with Crippen LogP contribution in [-0.4, -0.2) is 27.3 Å². The van der Waals surface area contributed by atoms with Gasteiger partial charge in [-0.05, 0) is 28.1 Å². The van der Waals surface area contributed by atoms with Crippen molar-refractivity contribution >= 4 is 26.0 Å². The fourth-order valence-corrected chi connectivity index (χ4v) is 2.49. The van der Waals surface area contributed by atoms with Crippen molar-refractivity contribution in [2.45, 2.75) is 13.5 Å². The molecular formula is C9H15BrN2O3S. The number of hydrogen-bond acceptors (Lipinski definition) is 4. The Morgan fingerprint density at radius 2 is 2.19 bits per heavy atom. The van der Waals surface area contributed by atoms with Gasteiger partial charge in [-0.1, -0.05) is 6.92 Å². The van der Waals surface area contributed by atoms with Crippen molar-refractivity contribution in [2.24, 2.45) is 0 Å². The maximum atomic E-state index is 11.3. The van der Waals surface area contributed by atoms with Crippen LogP contribution >= 0.6 is 15.9 Å². The normalized spacial score (nSPS) is 11.9. The summed E-state index contributed by atoms with van der Waals surface area (Å²) in [6, 6.07) is 3.63. The quantitative estimate of drug-likeness (QED) is 0.739. The molecule has 0 bridgehead atoms. The highest BCUT2D eigenvalue weighted by Crippen LogP contribution is 2.13. The predicted octanol–water partition coefficient (Wildman–Crippen LogP) is 1.07. The zero-order valence-corrected chi connectivity index (χ0v) is 11.4. The Balaban J connectivity index is 2.22. The summed E-state index contributed by atoms with van der Waals surface area (Å²) in [7, 11) is -3.13. The van der Waals surface area contributed by atoms with E-state index in [-0.39, 0.29) is 5.75 Å². The van der Waals surface area contributed by atoms with Crippen LogP contribution in [0.25, 0.3) is 0 Å². The lowest BCUT2D eigenvalue weighted by Gasteiger charge is -2.04. The Kier molecular flexibility index (Phi) is 5.47. The molecule has 0 saturated heterocycles. The van der Waals surface area contributed by atoms with Gasteiger partial charge in [-0.15, -0.1) is 0 Å². The number of nitrogens with one attached hydrogen (secondary N) is 2. The molecule has 2 N–H and O–H groups in total. The summed E-state index contributed by atoms with van der Waals surface area (Å²) in [5, 5.41) is 3.00. The molecule has 16 heavy (non-hydrogen) atoms. The molecule has 1 aromatic rings. The Morgan fingerprint density at radius 1 is 1.44 bits per heavy atom. The molecule has 92 valence electrons. The summed E-state index contributed by atoms with van der Waals surface area (Å²) in [6.07, 6.45) is 0. The molecule has 0 fully saturated rings. The van der Waals surface area contributed by atoms with E-state index in [1.165, 1.54) is 0 Å². The second kappa shape index (κ2) is 6.39. The molecule has 0 unspecified atom stereocenters. The summed E-state index contributed by atoms with van der Waals surface area (Å²) < 4.78 is 30.9. The van der Waals surface area contributed by atoms with Crippen LogP contribution in [0.1, 0.15) is 12.7 Å². The van der Waals surface area contributed by atoms with Gasteiger partial charge in [0.1, 0.15) is 5.76 Å². The number of hydrogen-bond donors (Lipinski definition) is 2. The van der Waals surface area contributed by atoms with Gasteiger partial charge in [-0.2, -0.15) is 0 Å². The highest BCUT2D eigenvalue weighted by molar-refractivity contribution is 9.10. The molecule has 5 nitrogen and oxygen atoms in total. The third kappa shape index (κ3) is 5.11. The van der Waals surface area contributed by atoms with Gasteiger partial charge in [-0.25, -0.2) is 13.1 Å². The van der Waals surface area contributed by atoms with Crippen LogP contribution in [0.2, 0.25) is 0 Å². The largest absolute Gasteiger partial charge is 0.453 e. The lowest BCUT2D eigenvalue weighted by atomic mass is 10.4. The van der Waals surface area contributed by atoms with Crippen molar-refractivity contribution in [3.05, 3.63) is 22.6 Å². The maximum Gasteiger partial charge on any atom is 0.212 e. The average Bonchev–Trinajstić information content (AvgIpc) is 2.59. The van der Waals surface area contributed by atoms with E-state index in [1.807, 2.05) is 6.07 Å². The number of sulfonamides is 1. The first-order valence-corrected chi connectivity index (χ1v) is 7.40. The Labute approximate surface area is 104 Å². The molecule has 7 heteroatoms. The zero-order chi connectivity index (χ0) is 12.0. The molecular weight excluding hydrogens is 296 g/mol. The van der Waals surface area contributed by atoms with Crippen molar-refractivity contribution in [3.8, 4) is 0 Å². The number of furan rings is 1. The van der Waals surface area contributed by atoms with E-state index in [2.05, 4.69) is 26.0 Å². The molecule has 0 aromatic carbocycles. The molecule has 1 aromatic heterocycles. The van der Waals surface area contributed by atoms with E-state index in [0.717, 1.165) is 5.76 Å². The van der Waals surface area contributed by atoms with Crippen molar-refractivity contribution in [1.29, 1.82) is 0 Å². The molecule has 0 aliphatic carbocycles. The summed E-state index contributed by atoms with van der Waals surface area (Å²) >= 11 is 3.19. The van der Waals surface area contributed by atoms with Gasteiger partial charge in [-0.3, -0.25) is 0 Å². The summed E-state index contributed by atoms with van der Waals surface area (Å²) in [4.78, 5) is 0. The summed E-state index contributed by atoms with van der Waals surface area (Å²) in [5.74, 6) is 0.843. The van der Waals surface area contributed by atoms with Gasteiger partial charge in [0, 0.05) is 13.1 Å². The monoisotopic (exact) mass is 310 g/mol. The van der Waals surface area contributed by atoms with Crippen LogP contribution in [0.4, 0.5) is 0 Å². The Hall–Kier alpha value is -0.370. The second-order valence-electron chi connectivity index (χ2n) is 3.20. The molecule has 0 radical (unpaired) electrons. The molecule has 1 heterocycles. The molecule has 1 rings (SSSR count). The molecule has 0 saturated carbocycles. The fraction of sp³-hybridized carbons (Fsp3) is 0.556. The number of halogens is 1. The second-order valence-corrected chi connectivity index (χ2v) is 5.91. The molecule has 0 atom stereocenters. The average molecular weight is 311 g/mol. The smallest absolute Gasteiger partial charge is 0.212 e. The van der Waals surface area contributed by atoms with Crippen molar-refractivity contribution in [3.63, 3.8) is 0 Å². The van der Waals surface area contributed by atoms with Crippen LogP contribution in [-0.2, 0) is 16.6 Å².